The largest absolute Gasteiger partial charge is 0.479 e. The number of carbonyl (C=O) groups is 2. The van der Waals surface area contributed by atoms with Crippen molar-refractivity contribution in [3.63, 3.8) is 0 Å². The van der Waals surface area contributed by atoms with Gasteiger partial charge in [-0.25, -0.2) is 9.59 Å². The van der Waals surface area contributed by atoms with Crippen LogP contribution in [0.1, 0.15) is 18.0 Å². The molecule has 1 aliphatic heterocycles. The second kappa shape index (κ2) is 6.11. The van der Waals surface area contributed by atoms with Gasteiger partial charge in [0.05, 0.1) is 0 Å². The fraction of sp³-hybridized carbons (Fsp3) is 0.385. The number of urea groups is 1. The molecule has 2 atom stereocenters. The van der Waals surface area contributed by atoms with Gasteiger partial charge in [-0.15, -0.1) is 0 Å². The molecule has 1 fully saturated rings. The highest BCUT2D eigenvalue weighted by molar-refractivity contribution is 6.31. The van der Waals surface area contributed by atoms with Crippen molar-refractivity contribution >= 4 is 23.6 Å². The molecule has 1 heterocycles. The van der Waals surface area contributed by atoms with Crippen molar-refractivity contribution in [3.05, 3.63) is 34.9 Å². The Labute approximate surface area is 121 Å². The first kappa shape index (κ1) is 14.6. The van der Waals surface area contributed by atoms with Gasteiger partial charge in [-0.1, -0.05) is 29.8 Å². The Morgan fingerprint density at radius 3 is 2.70 bits per heavy atom. The maximum atomic E-state index is 12.0. The van der Waals surface area contributed by atoms with Crippen molar-refractivity contribution in [3.8, 4) is 0 Å². The first-order valence-corrected chi connectivity index (χ1v) is 6.65. The van der Waals surface area contributed by atoms with Gasteiger partial charge in [0.25, 0.3) is 0 Å². The highest BCUT2D eigenvalue weighted by Crippen LogP contribution is 2.23. The van der Waals surface area contributed by atoms with Crippen molar-refractivity contribution in [2.75, 3.05) is 13.1 Å². The fourth-order valence-corrected chi connectivity index (χ4v) is 2.41. The van der Waals surface area contributed by atoms with Crippen molar-refractivity contribution in [2.24, 2.45) is 5.73 Å². The van der Waals surface area contributed by atoms with E-state index < -0.39 is 18.0 Å². The van der Waals surface area contributed by atoms with Crippen LogP contribution in [0.3, 0.4) is 0 Å². The molecule has 6 nitrogen and oxygen atoms in total. The number of benzene rings is 1. The van der Waals surface area contributed by atoms with E-state index in [9.17, 15) is 14.7 Å². The third kappa shape index (κ3) is 3.20. The van der Waals surface area contributed by atoms with E-state index in [4.69, 9.17) is 17.3 Å². The van der Waals surface area contributed by atoms with Gasteiger partial charge in [0.1, 0.15) is 0 Å². The van der Waals surface area contributed by atoms with Crippen molar-refractivity contribution < 1.29 is 14.7 Å². The third-order valence-electron chi connectivity index (χ3n) is 3.24. The SMILES string of the molecule is NC1CCN(C(=O)N[C@@H](C(=O)O)c2ccccc2Cl)C1. The molecule has 1 saturated heterocycles. The van der Waals surface area contributed by atoms with Crippen LogP contribution in [-0.4, -0.2) is 41.1 Å². The molecule has 0 bridgehead atoms. The van der Waals surface area contributed by atoms with Crippen LogP contribution >= 0.6 is 11.6 Å². The summed E-state index contributed by atoms with van der Waals surface area (Å²) in [5, 5.41) is 12.1. The molecule has 0 aliphatic carbocycles. The van der Waals surface area contributed by atoms with Gasteiger partial charge in [-0.3, -0.25) is 0 Å². The molecule has 2 amide bonds. The average molecular weight is 298 g/mol. The summed E-state index contributed by atoms with van der Waals surface area (Å²) in [5.74, 6) is -1.16. The van der Waals surface area contributed by atoms with E-state index in [1.807, 2.05) is 0 Å². The molecule has 108 valence electrons. The zero-order valence-electron chi connectivity index (χ0n) is 10.8. The Morgan fingerprint density at radius 2 is 2.15 bits per heavy atom. The Morgan fingerprint density at radius 1 is 1.45 bits per heavy atom. The van der Waals surface area contributed by atoms with Gasteiger partial charge < -0.3 is 21.1 Å². The molecule has 2 rings (SSSR count). The van der Waals surface area contributed by atoms with Crippen molar-refractivity contribution in [1.29, 1.82) is 0 Å². The van der Waals surface area contributed by atoms with E-state index >= 15 is 0 Å². The number of nitrogens with zero attached hydrogens (tertiary/aromatic N) is 1. The lowest BCUT2D eigenvalue weighted by Gasteiger charge is -2.21. The Bertz CT molecular complexity index is 523. The first-order chi connectivity index (χ1) is 9.49. The maximum Gasteiger partial charge on any atom is 0.331 e. The Kier molecular flexibility index (Phi) is 4.46. The molecule has 7 heteroatoms. The molecule has 1 aromatic rings. The number of rotatable bonds is 3. The van der Waals surface area contributed by atoms with E-state index in [1.54, 1.807) is 24.3 Å². The second-order valence-corrected chi connectivity index (χ2v) is 5.14. The number of carbonyl (C=O) groups excluding carboxylic acids is 1. The summed E-state index contributed by atoms with van der Waals surface area (Å²) < 4.78 is 0. The number of carboxylic acid groups (broad SMARTS) is 1. The van der Waals surface area contributed by atoms with E-state index in [1.165, 1.54) is 4.90 Å². The summed E-state index contributed by atoms with van der Waals surface area (Å²) in [7, 11) is 0. The molecule has 4 N–H and O–H groups in total. The number of nitrogens with one attached hydrogen (secondary N) is 1. The van der Waals surface area contributed by atoms with Crippen LogP contribution in [0.2, 0.25) is 5.02 Å². The summed E-state index contributed by atoms with van der Waals surface area (Å²) in [4.78, 5) is 24.9. The number of nitrogens with two attached hydrogens (primary N) is 1. The third-order valence-corrected chi connectivity index (χ3v) is 3.59. The number of hydrogen-bond donors (Lipinski definition) is 3. The molecular weight excluding hydrogens is 282 g/mol. The van der Waals surface area contributed by atoms with Crippen molar-refractivity contribution in [1.82, 2.24) is 10.2 Å². The molecule has 0 radical (unpaired) electrons. The Hall–Kier alpha value is -1.79. The summed E-state index contributed by atoms with van der Waals surface area (Å²) in [5.41, 5.74) is 6.09. The highest BCUT2D eigenvalue weighted by atomic mass is 35.5. The first-order valence-electron chi connectivity index (χ1n) is 6.27. The van der Waals surface area contributed by atoms with E-state index in [-0.39, 0.29) is 6.04 Å². The molecular formula is C13H16ClN3O3. The van der Waals surface area contributed by atoms with Crippen LogP contribution in [0, 0.1) is 0 Å². The summed E-state index contributed by atoms with van der Waals surface area (Å²) in [6.45, 7) is 0.961. The topological polar surface area (TPSA) is 95.7 Å². The van der Waals surface area contributed by atoms with Crippen LogP contribution in [0.5, 0.6) is 0 Å². The smallest absolute Gasteiger partial charge is 0.331 e. The van der Waals surface area contributed by atoms with Crippen LogP contribution < -0.4 is 11.1 Å². The molecule has 1 aromatic carbocycles. The van der Waals surface area contributed by atoms with Crippen LogP contribution in [0.4, 0.5) is 4.79 Å². The van der Waals surface area contributed by atoms with Gasteiger partial charge in [0.15, 0.2) is 6.04 Å². The minimum Gasteiger partial charge on any atom is -0.479 e. The lowest BCUT2D eigenvalue weighted by molar-refractivity contribution is -0.139. The summed E-state index contributed by atoms with van der Waals surface area (Å²) >= 11 is 5.98. The monoisotopic (exact) mass is 297 g/mol. The molecule has 0 saturated carbocycles. The van der Waals surface area contributed by atoms with Crippen LogP contribution in [0.25, 0.3) is 0 Å². The fourth-order valence-electron chi connectivity index (χ4n) is 2.17. The van der Waals surface area contributed by atoms with E-state index in [0.29, 0.717) is 23.7 Å². The number of likely N-dealkylation sites (tertiary alicyclic amines) is 1. The molecule has 0 spiro atoms. The van der Waals surface area contributed by atoms with E-state index in [0.717, 1.165) is 6.42 Å². The van der Waals surface area contributed by atoms with E-state index in [2.05, 4.69) is 5.32 Å². The maximum absolute atomic E-state index is 12.0. The Balaban J connectivity index is 2.13. The zero-order valence-corrected chi connectivity index (χ0v) is 11.5. The zero-order chi connectivity index (χ0) is 14.7. The molecule has 20 heavy (non-hydrogen) atoms. The average Bonchev–Trinajstić information content (AvgIpc) is 2.83. The molecule has 0 aromatic heterocycles. The summed E-state index contributed by atoms with van der Waals surface area (Å²) in [6.07, 6.45) is 0.719. The standard InChI is InChI=1S/C13H16ClN3O3/c14-10-4-2-1-3-9(10)11(12(18)19)16-13(20)17-6-5-8(15)7-17/h1-4,8,11H,5-7,15H2,(H,16,20)(H,18,19)/t8?,11-/m1/s1. The number of aliphatic carboxylic acids is 1. The molecule has 1 aliphatic rings. The van der Waals surface area contributed by atoms with Crippen LogP contribution in [0.15, 0.2) is 24.3 Å². The summed E-state index contributed by atoms with van der Waals surface area (Å²) in [6, 6.07) is 4.88. The van der Waals surface area contributed by atoms with Gasteiger partial charge in [-0.2, -0.15) is 0 Å². The number of halogens is 1. The minimum atomic E-state index is -1.17. The normalized spacial score (nSPS) is 19.7. The lowest BCUT2D eigenvalue weighted by atomic mass is 10.1. The minimum absolute atomic E-state index is 0.0515. The number of carboxylic acids is 1. The van der Waals surface area contributed by atoms with Gasteiger partial charge in [0.2, 0.25) is 0 Å². The van der Waals surface area contributed by atoms with Crippen molar-refractivity contribution in [2.45, 2.75) is 18.5 Å². The predicted molar refractivity (Wildman–Crippen MR) is 74.5 cm³/mol. The van der Waals surface area contributed by atoms with Crippen LogP contribution in [-0.2, 0) is 4.79 Å². The lowest BCUT2D eigenvalue weighted by Crippen LogP contribution is -2.43. The quantitative estimate of drug-likeness (QED) is 0.781. The van der Waals surface area contributed by atoms with Gasteiger partial charge in [0, 0.05) is 29.7 Å². The van der Waals surface area contributed by atoms with Gasteiger partial charge >= 0.3 is 12.0 Å². The highest BCUT2D eigenvalue weighted by Gasteiger charge is 2.29. The number of hydrogen-bond acceptors (Lipinski definition) is 3. The number of amides is 2. The predicted octanol–water partition coefficient (Wildman–Crippen LogP) is 1.21. The molecule has 1 unspecified atom stereocenters. The van der Waals surface area contributed by atoms with Gasteiger partial charge in [-0.05, 0) is 12.5 Å². The second-order valence-electron chi connectivity index (χ2n) is 4.74.